The monoisotopic (exact) mass is 540 g/mol. The molecule has 0 radical (unpaired) electrons. The standard InChI is InChI=1S/C13H16.2W/c1-8(2)12-6-10(12)5-11-7-13(11)9(3)4;;/h8-9H,5H2,1-4H3;;. The third-order valence-corrected chi connectivity index (χ3v) is 6.42. The molecule has 2 rings (SSSR count). The molecule has 0 aliphatic rings. The quantitative estimate of drug-likeness (QED) is 0.559. The number of rotatable bonds is 4. The molecule has 0 nitrogen and oxygen atoms in total. The fourth-order valence-corrected chi connectivity index (χ4v) is 5.71. The van der Waals surface area contributed by atoms with Crippen LogP contribution in [0.15, 0.2) is 0 Å². The molecule has 0 unspecified atom stereocenters. The zero-order valence-corrected chi connectivity index (χ0v) is 15.5. The second kappa shape index (κ2) is 4.12. The van der Waals surface area contributed by atoms with Crippen molar-refractivity contribution >= 4 is 0 Å². The van der Waals surface area contributed by atoms with Crippen LogP contribution in [0, 0.1) is 7.09 Å². The molecule has 0 saturated carbocycles. The van der Waals surface area contributed by atoms with Crippen LogP contribution in [0.4, 0.5) is 0 Å². The normalized spacial score (nSPS) is 12.7. The van der Waals surface area contributed by atoms with E-state index < -0.39 is 0 Å². The predicted octanol–water partition coefficient (Wildman–Crippen LogP) is 3.43. The molecule has 0 N–H and O–H groups in total. The first-order valence-electron chi connectivity index (χ1n) is 5.50. The van der Waals surface area contributed by atoms with Crippen LogP contribution >= 0.6 is 0 Å². The maximum absolute atomic E-state index is 2.32. The Hall–Kier alpha value is 0.597. The topological polar surface area (TPSA) is 0 Å². The summed E-state index contributed by atoms with van der Waals surface area (Å²) in [6, 6.07) is 0. The first-order chi connectivity index (χ1) is 6.95. The Labute approximate surface area is 113 Å². The predicted molar refractivity (Wildman–Crippen MR) is 55.1 cm³/mol. The zero-order chi connectivity index (χ0) is 11.3. The summed E-state index contributed by atoms with van der Waals surface area (Å²) in [6.45, 7) is 9.27. The Morgan fingerprint density at radius 1 is 0.800 bits per heavy atom. The zero-order valence-electron chi connectivity index (χ0n) is 9.68. The fraction of sp³-hybridized carbons (Fsp3) is 0.538. The van der Waals surface area contributed by atoms with E-state index in [9.17, 15) is 0 Å². The summed E-state index contributed by atoms with van der Waals surface area (Å²) in [4.78, 5) is 0. The average Bonchev–Trinajstić information content (AvgIpc) is 2.92. The summed E-state index contributed by atoms with van der Waals surface area (Å²) < 4.78 is 3.35. The molecule has 0 aliphatic heterocycles. The Morgan fingerprint density at radius 2 is 1.13 bits per heavy atom. The van der Waals surface area contributed by atoms with Crippen molar-refractivity contribution in [3.8, 4) is 0 Å². The van der Waals surface area contributed by atoms with E-state index >= 15 is 0 Å². The van der Waals surface area contributed by atoms with Crippen LogP contribution in [0.5, 0.6) is 0 Å². The maximum atomic E-state index is 2.32. The molecular formula is C13H16W2. The molecule has 0 saturated heterocycles. The molecule has 0 atom stereocenters. The summed E-state index contributed by atoms with van der Waals surface area (Å²) in [5.41, 5.74) is 6.78. The molecule has 0 heterocycles. The first-order valence-corrected chi connectivity index (χ1v) is 8.44. The molecule has 0 bridgehead atoms. The minimum atomic E-state index is 0.752. The molecule has 0 spiro atoms. The fourth-order valence-electron chi connectivity index (χ4n) is 2.19. The van der Waals surface area contributed by atoms with E-state index in [0.29, 0.717) is 0 Å². The van der Waals surface area contributed by atoms with Crippen molar-refractivity contribution in [2.75, 3.05) is 0 Å². The third-order valence-electron chi connectivity index (χ3n) is 3.07. The third kappa shape index (κ3) is 2.18. The van der Waals surface area contributed by atoms with E-state index in [-0.39, 0.29) is 0 Å². The van der Waals surface area contributed by atoms with Crippen LogP contribution in [-0.2, 0) is 45.1 Å². The summed E-state index contributed by atoms with van der Waals surface area (Å²) in [7, 11) is 0. The van der Waals surface area contributed by atoms with Gasteiger partial charge in [0.25, 0.3) is 0 Å². The summed E-state index contributed by atoms with van der Waals surface area (Å²) in [5, 5.41) is 0. The van der Waals surface area contributed by atoms with Crippen molar-refractivity contribution in [1.82, 2.24) is 0 Å². The molecule has 2 heteroatoms. The van der Waals surface area contributed by atoms with Gasteiger partial charge in [-0.25, -0.2) is 0 Å². The molecule has 2 aromatic rings. The van der Waals surface area contributed by atoms with Gasteiger partial charge < -0.3 is 0 Å². The van der Waals surface area contributed by atoms with Gasteiger partial charge in [0.05, 0.1) is 0 Å². The van der Waals surface area contributed by atoms with Gasteiger partial charge in [0, 0.05) is 0 Å². The van der Waals surface area contributed by atoms with Gasteiger partial charge in [0.1, 0.15) is 0 Å². The van der Waals surface area contributed by atoms with Gasteiger partial charge in [-0.2, -0.15) is 0 Å². The van der Waals surface area contributed by atoms with Crippen LogP contribution in [-0.4, -0.2) is 0 Å². The van der Waals surface area contributed by atoms with Crippen molar-refractivity contribution in [1.29, 1.82) is 0 Å². The first kappa shape index (κ1) is 12.1. The van der Waals surface area contributed by atoms with Crippen LogP contribution in [0.3, 0.4) is 0 Å². The van der Waals surface area contributed by atoms with E-state index in [1.165, 1.54) is 6.42 Å². The van der Waals surface area contributed by atoms with Crippen molar-refractivity contribution < 1.29 is 38.7 Å². The Kier molecular flexibility index (Phi) is 3.31. The van der Waals surface area contributed by atoms with Crippen LogP contribution < -0.4 is 0 Å². The van der Waals surface area contributed by atoms with Crippen LogP contribution in [0.25, 0.3) is 0 Å². The molecule has 0 fully saturated rings. The molecule has 15 heavy (non-hydrogen) atoms. The molecule has 0 amide bonds. The minimum absolute atomic E-state index is 0.752. The average molecular weight is 540 g/mol. The van der Waals surface area contributed by atoms with Crippen molar-refractivity contribution in [2.24, 2.45) is 0 Å². The number of hydrogen-bond acceptors (Lipinski definition) is 0. The van der Waals surface area contributed by atoms with E-state index in [2.05, 4.69) is 27.7 Å². The summed E-state index contributed by atoms with van der Waals surface area (Å²) in [5.74, 6) is 1.50. The van der Waals surface area contributed by atoms with Gasteiger partial charge in [-0.1, -0.05) is 0 Å². The molecular weight excluding hydrogens is 524 g/mol. The summed E-state index contributed by atoms with van der Waals surface area (Å²) in [6.07, 6.45) is 1.26. The molecule has 0 aromatic heterocycles. The van der Waals surface area contributed by atoms with Gasteiger partial charge in [-0.05, 0) is 0 Å². The number of hydrogen-bond donors (Lipinski definition) is 0. The van der Waals surface area contributed by atoms with E-state index in [1.807, 2.05) is 0 Å². The van der Waals surface area contributed by atoms with Gasteiger partial charge in [0.2, 0.25) is 0 Å². The summed E-state index contributed by atoms with van der Waals surface area (Å²) >= 11 is 3.34. The van der Waals surface area contributed by atoms with Crippen molar-refractivity contribution in [2.45, 2.75) is 46.0 Å². The van der Waals surface area contributed by atoms with E-state index in [0.717, 1.165) is 11.8 Å². The Bertz CT molecular complexity index is 465. The van der Waals surface area contributed by atoms with Crippen LogP contribution in [0.1, 0.15) is 61.8 Å². The second-order valence-corrected chi connectivity index (χ2v) is 7.86. The van der Waals surface area contributed by atoms with E-state index in [4.69, 9.17) is 0 Å². The van der Waals surface area contributed by atoms with Crippen LogP contribution in [0.2, 0.25) is 0 Å². The Balaban J connectivity index is 2.11. The molecule has 80 valence electrons. The van der Waals surface area contributed by atoms with Crippen molar-refractivity contribution in [3.05, 3.63) is 29.3 Å². The second-order valence-electron chi connectivity index (χ2n) is 4.93. The molecule has 2 aromatic carbocycles. The molecule has 0 aliphatic carbocycles. The van der Waals surface area contributed by atoms with Gasteiger partial charge in [-0.15, -0.1) is 0 Å². The van der Waals surface area contributed by atoms with Gasteiger partial charge >= 0.3 is 114 Å². The van der Waals surface area contributed by atoms with Gasteiger partial charge in [-0.3, -0.25) is 0 Å². The van der Waals surface area contributed by atoms with Crippen molar-refractivity contribution in [3.63, 3.8) is 0 Å². The van der Waals surface area contributed by atoms with Gasteiger partial charge in [0.15, 0.2) is 0 Å². The Morgan fingerprint density at radius 3 is 1.33 bits per heavy atom. The van der Waals surface area contributed by atoms with E-state index in [1.54, 1.807) is 68.0 Å². The SMILES string of the molecule is CC(C)c1c(Cc2c(C(C)C)[c]2=[W])[c]1=[W].